The lowest BCUT2D eigenvalue weighted by Gasteiger charge is -2.22. The minimum absolute atomic E-state index is 0.477. The number of nitrogens with two attached hydrogens (primary N) is 1. The third kappa shape index (κ3) is 6.02. The highest BCUT2D eigenvalue weighted by Crippen LogP contribution is 2.16. The molecule has 0 aromatic rings. The number of carbonyl (C=O) groups is 1. The average Bonchev–Trinajstić information content (AvgIpc) is 2.22. The van der Waals surface area contributed by atoms with E-state index in [2.05, 4.69) is 0 Å². The second kappa shape index (κ2) is 7.96. The Morgan fingerprint density at radius 2 is 2.20 bits per heavy atom. The van der Waals surface area contributed by atoms with Crippen molar-refractivity contribution in [1.29, 1.82) is 0 Å². The van der Waals surface area contributed by atoms with Crippen molar-refractivity contribution in [2.75, 3.05) is 25.2 Å². The van der Waals surface area contributed by atoms with E-state index in [0.717, 1.165) is 24.5 Å². The lowest BCUT2D eigenvalue weighted by atomic mass is 9.92. The number of hydrogen-bond donors (Lipinski definition) is 2. The summed E-state index contributed by atoms with van der Waals surface area (Å²) in [5.74, 6) is 0.995. The summed E-state index contributed by atoms with van der Waals surface area (Å²) in [6.07, 6.45) is 1.86. The van der Waals surface area contributed by atoms with Gasteiger partial charge in [-0.2, -0.15) is 11.8 Å². The monoisotopic (exact) mass is 235 g/mol. The molecule has 3 N–H and O–H groups in total. The van der Waals surface area contributed by atoms with Crippen molar-refractivity contribution < 1.29 is 14.6 Å². The van der Waals surface area contributed by atoms with Gasteiger partial charge in [-0.15, -0.1) is 0 Å². The molecule has 15 heavy (non-hydrogen) atoms. The first kappa shape index (κ1) is 14.7. The van der Waals surface area contributed by atoms with E-state index in [1.165, 1.54) is 0 Å². The van der Waals surface area contributed by atoms with E-state index in [1.54, 1.807) is 18.9 Å². The van der Waals surface area contributed by atoms with Crippen molar-refractivity contribution in [1.82, 2.24) is 0 Å². The zero-order valence-corrected chi connectivity index (χ0v) is 10.3. The molecule has 1 unspecified atom stereocenters. The van der Waals surface area contributed by atoms with Crippen LogP contribution in [-0.2, 0) is 9.53 Å². The van der Waals surface area contributed by atoms with Gasteiger partial charge in [-0.3, -0.25) is 4.79 Å². The molecule has 0 bridgehead atoms. The highest BCUT2D eigenvalue weighted by atomic mass is 32.2. The van der Waals surface area contributed by atoms with Crippen LogP contribution in [-0.4, -0.2) is 41.8 Å². The minimum Gasteiger partial charge on any atom is -0.480 e. The lowest BCUT2D eigenvalue weighted by Crippen LogP contribution is -2.47. The normalized spacial score (nSPS) is 14.9. The summed E-state index contributed by atoms with van der Waals surface area (Å²) in [5, 5.41) is 8.92. The third-order valence-electron chi connectivity index (χ3n) is 2.40. The molecule has 0 radical (unpaired) electrons. The molecule has 1 atom stereocenters. The Hall–Kier alpha value is -0.260. The van der Waals surface area contributed by atoms with Gasteiger partial charge in [-0.05, 0) is 25.0 Å². The summed E-state index contributed by atoms with van der Waals surface area (Å²) >= 11 is 1.77. The minimum atomic E-state index is -1.04. The molecule has 0 aromatic carbocycles. The van der Waals surface area contributed by atoms with Crippen LogP contribution < -0.4 is 5.73 Å². The topological polar surface area (TPSA) is 72.5 Å². The molecule has 0 spiro atoms. The van der Waals surface area contributed by atoms with Crippen LogP contribution in [0.2, 0.25) is 0 Å². The van der Waals surface area contributed by atoms with E-state index < -0.39 is 11.5 Å². The van der Waals surface area contributed by atoms with Crippen molar-refractivity contribution in [3.05, 3.63) is 0 Å². The van der Waals surface area contributed by atoms with E-state index in [-0.39, 0.29) is 0 Å². The highest BCUT2D eigenvalue weighted by Gasteiger charge is 2.30. The summed E-state index contributed by atoms with van der Waals surface area (Å²) in [5.41, 5.74) is 4.71. The number of carboxylic acids is 1. The van der Waals surface area contributed by atoms with Gasteiger partial charge in [0.2, 0.25) is 0 Å². The molecule has 0 aromatic heterocycles. The van der Waals surface area contributed by atoms with Gasteiger partial charge >= 0.3 is 5.97 Å². The Bertz CT molecular complexity index is 190. The van der Waals surface area contributed by atoms with E-state index in [4.69, 9.17) is 15.6 Å². The van der Waals surface area contributed by atoms with Crippen molar-refractivity contribution in [2.24, 2.45) is 5.73 Å². The van der Waals surface area contributed by atoms with Crippen LogP contribution >= 0.6 is 11.8 Å². The predicted molar refractivity (Wildman–Crippen MR) is 63.3 cm³/mol. The average molecular weight is 235 g/mol. The van der Waals surface area contributed by atoms with Crippen molar-refractivity contribution >= 4 is 17.7 Å². The van der Waals surface area contributed by atoms with E-state index in [9.17, 15) is 4.79 Å². The van der Waals surface area contributed by atoms with E-state index in [0.29, 0.717) is 12.8 Å². The first-order valence-electron chi connectivity index (χ1n) is 5.15. The van der Waals surface area contributed by atoms with Gasteiger partial charge in [0.15, 0.2) is 0 Å². The Morgan fingerprint density at radius 3 is 2.67 bits per heavy atom. The maximum atomic E-state index is 10.9. The molecule has 0 aliphatic heterocycles. The second-order valence-electron chi connectivity index (χ2n) is 3.52. The molecule has 0 fully saturated rings. The van der Waals surface area contributed by atoms with Crippen LogP contribution in [0, 0.1) is 0 Å². The van der Waals surface area contributed by atoms with Crippen LogP contribution in [0.25, 0.3) is 0 Å². The van der Waals surface area contributed by atoms with E-state index in [1.807, 2.05) is 6.92 Å². The van der Waals surface area contributed by atoms with Crippen molar-refractivity contribution in [3.8, 4) is 0 Å². The first-order chi connectivity index (χ1) is 7.06. The van der Waals surface area contributed by atoms with Crippen molar-refractivity contribution in [3.63, 3.8) is 0 Å². The number of rotatable bonds is 9. The Balaban J connectivity index is 3.60. The van der Waals surface area contributed by atoms with Crippen LogP contribution in [0.1, 0.15) is 26.2 Å². The quantitative estimate of drug-likeness (QED) is 0.590. The Labute approximate surface area is 95.6 Å². The van der Waals surface area contributed by atoms with Gasteiger partial charge in [-0.1, -0.05) is 6.92 Å². The Morgan fingerprint density at radius 1 is 1.53 bits per heavy atom. The maximum absolute atomic E-state index is 10.9. The SMILES string of the molecule is CCC(N)(CCCSCCOC)C(=O)O. The van der Waals surface area contributed by atoms with Gasteiger partial charge in [0.1, 0.15) is 5.54 Å². The van der Waals surface area contributed by atoms with Crippen molar-refractivity contribution in [2.45, 2.75) is 31.7 Å². The molecule has 0 amide bonds. The summed E-state index contributed by atoms with van der Waals surface area (Å²) in [6.45, 7) is 2.55. The number of hydrogen-bond acceptors (Lipinski definition) is 4. The van der Waals surface area contributed by atoms with Crippen LogP contribution in [0.15, 0.2) is 0 Å². The molecule has 0 saturated heterocycles. The van der Waals surface area contributed by atoms with Gasteiger partial charge in [0.25, 0.3) is 0 Å². The fourth-order valence-corrected chi connectivity index (χ4v) is 2.01. The number of thioether (sulfide) groups is 1. The van der Waals surface area contributed by atoms with Gasteiger partial charge in [0.05, 0.1) is 6.61 Å². The molecule has 0 aliphatic carbocycles. The second-order valence-corrected chi connectivity index (χ2v) is 4.75. The molecule has 0 rings (SSSR count). The van der Waals surface area contributed by atoms with Gasteiger partial charge in [-0.25, -0.2) is 0 Å². The zero-order valence-electron chi connectivity index (χ0n) is 9.49. The molecule has 90 valence electrons. The summed E-state index contributed by atoms with van der Waals surface area (Å²) in [6, 6.07) is 0. The van der Waals surface area contributed by atoms with Crippen LogP contribution in [0.5, 0.6) is 0 Å². The fourth-order valence-electron chi connectivity index (χ4n) is 1.17. The molecule has 0 aliphatic rings. The van der Waals surface area contributed by atoms with Crippen LogP contribution in [0.3, 0.4) is 0 Å². The number of methoxy groups -OCH3 is 1. The number of carboxylic acid groups (broad SMARTS) is 1. The molecule has 4 nitrogen and oxygen atoms in total. The molecular formula is C10H21NO3S. The largest absolute Gasteiger partial charge is 0.480 e. The van der Waals surface area contributed by atoms with Gasteiger partial charge in [0, 0.05) is 12.9 Å². The lowest BCUT2D eigenvalue weighted by molar-refractivity contribution is -0.143. The predicted octanol–water partition coefficient (Wildman–Crippen LogP) is 1.34. The standard InChI is InChI=1S/C10H21NO3S/c1-3-10(11,9(12)13)5-4-7-15-8-6-14-2/h3-8,11H2,1-2H3,(H,12,13). The third-order valence-corrected chi connectivity index (χ3v) is 3.43. The Kier molecular flexibility index (Phi) is 7.82. The highest BCUT2D eigenvalue weighted by molar-refractivity contribution is 7.99. The molecular weight excluding hydrogens is 214 g/mol. The number of aliphatic carboxylic acids is 1. The summed E-state index contributed by atoms with van der Waals surface area (Å²) in [7, 11) is 1.67. The van der Waals surface area contributed by atoms with Crippen LogP contribution in [0.4, 0.5) is 0 Å². The summed E-state index contributed by atoms with van der Waals surface area (Å²) < 4.78 is 4.91. The fraction of sp³-hybridized carbons (Fsp3) is 0.900. The molecule has 5 heteroatoms. The summed E-state index contributed by atoms with van der Waals surface area (Å²) in [4.78, 5) is 10.9. The molecule has 0 heterocycles. The maximum Gasteiger partial charge on any atom is 0.323 e. The first-order valence-corrected chi connectivity index (χ1v) is 6.31. The van der Waals surface area contributed by atoms with Gasteiger partial charge < -0.3 is 15.6 Å². The van der Waals surface area contributed by atoms with E-state index >= 15 is 0 Å². The zero-order chi connectivity index (χ0) is 11.7. The number of ether oxygens (including phenoxy) is 1. The molecule has 0 saturated carbocycles. The smallest absolute Gasteiger partial charge is 0.323 e.